The molecular weight excluding hydrogens is 300 g/mol. The van der Waals surface area contributed by atoms with E-state index in [1.807, 2.05) is 37.3 Å². The van der Waals surface area contributed by atoms with Crippen LogP contribution in [0.15, 0.2) is 36.4 Å². The van der Waals surface area contributed by atoms with E-state index < -0.39 is 0 Å². The summed E-state index contributed by atoms with van der Waals surface area (Å²) in [6.07, 6.45) is 4.01. The van der Waals surface area contributed by atoms with Crippen molar-refractivity contribution < 1.29 is 4.79 Å². The predicted molar refractivity (Wildman–Crippen MR) is 87.9 cm³/mol. The number of nitrogens with zero attached hydrogens (tertiary/aromatic N) is 4. The average Bonchev–Trinajstić information content (AvgIpc) is 2.93. The molecule has 0 bridgehead atoms. The molecule has 1 heterocycles. The molecule has 0 saturated carbocycles. The van der Waals surface area contributed by atoms with Gasteiger partial charge >= 0.3 is 0 Å². The highest BCUT2D eigenvalue weighted by atomic mass is 32.1. The van der Waals surface area contributed by atoms with Crippen molar-refractivity contribution in [3.05, 3.63) is 42.0 Å². The zero-order valence-corrected chi connectivity index (χ0v) is 12.9. The van der Waals surface area contributed by atoms with E-state index in [1.165, 1.54) is 10.9 Å². The number of carbonyl (C=O) groups excluding carboxylic acids is 1. The second-order valence-corrected chi connectivity index (χ2v) is 4.80. The number of tetrazole rings is 1. The second kappa shape index (κ2) is 7.99. The Morgan fingerprint density at radius 2 is 2.14 bits per heavy atom. The minimum absolute atomic E-state index is 0.124. The van der Waals surface area contributed by atoms with Crippen molar-refractivity contribution in [1.82, 2.24) is 25.5 Å². The Morgan fingerprint density at radius 1 is 1.36 bits per heavy atom. The fraction of sp³-hybridized carbons (Fsp3) is 0.214. The largest absolute Gasteiger partial charge is 0.299 e. The molecule has 0 saturated heterocycles. The Bertz CT molecular complexity index is 667. The van der Waals surface area contributed by atoms with Gasteiger partial charge in [-0.05, 0) is 35.5 Å². The van der Waals surface area contributed by atoms with E-state index in [0.717, 1.165) is 12.0 Å². The van der Waals surface area contributed by atoms with Gasteiger partial charge in [0.05, 0.1) is 6.54 Å². The molecule has 0 unspecified atom stereocenters. The summed E-state index contributed by atoms with van der Waals surface area (Å²) in [5.41, 5.74) is 0.931. The smallest absolute Gasteiger partial charge is 0.269 e. The third-order valence-corrected chi connectivity index (χ3v) is 2.77. The van der Waals surface area contributed by atoms with Gasteiger partial charge in [0.15, 0.2) is 5.11 Å². The summed E-state index contributed by atoms with van der Waals surface area (Å²) in [5, 5.41) is 17.0. The summed E-state index contributed by atoms with van der Waals surface area (Å²) in [4.78, 5) is 13.2. The number of aromatic nitrogens is 4. The van der Waals surface area contributed by atoms with Crippen molar-refractivity contribution >= 4 is 35.3 Å². The van der Waals surface area contributed by atoms with Gasteiger partial charge in [-0.2, -0.15) is 4.80 Å². The quantitative estimate of drug-likeness (QED) is 0.644. The normalized spacial score (nSPS) is 10.6. The fourth-order valence-electron chi connectivity index (χ4n) is 1.61. The zero-order chi connectivity index (χ0) is 15.8. The standard InChI is InChI=1S/C14H16N6OS/c1-2-10-20-18-13(17-19-20)16-14(22)15-12(21)9-8-11-6-4-3-5-7-11/h3-9H,2,10H2,1H3,(H2,15,16,18,21,22). The molecule has 0 aliphatic heterocycles. The molecule has 0 fully saturated rings. The maximum absolute atomic E-state index is 11.7. The molecule has 2 aromatic rings. The Kier molecular flexibility index (Phi) is 5.73. The highest BCUT2D eigenvalue weighted by molar-refractivity contribution is 7.80. The average molecular weight is 316 g/mol. The van der Waals surface area contributed by atoms with Gasteiger partial charge in [0, 0.05) is 6.08 Å². The van der Waals surface area contributed by atoms with Gasteiger partial charge in [0.25, 0.3) is 5.95 Å². The Morgan fingerprint density at radius 3 is 2.86 bits per heavy atom. The van der Waals surface area contributed by atoms with Gasteiger partial charge in [-0.1, -0.05) is 42.4 Å². The van der Waals surface area contributed by atoms with Gasteiger partial charge in [0.1, 0.15) is 0 Å². The number of anilines is 1. The molecule has 0 atom stereocenters. The van der Waals surface area contributed by atoms with Crippen molar-refractivity contribution in [3.63, 3.8) is 0 Å². The van der Waals surface area contributed by atoms with E-state index in [-0.39, 0.29) is 17.0 Å². The first-order valence-corrected chi connectivity index (χ1v) is 7.21. The molecule has 1 amide bonds. The van der Waals surface area contributed by atoms with Gasteiger partial charge < -0.3 is 0 Å². The molecule has 0 radical (unpaired) electrons. The lowest BCUT2D eigenvalue weighted by atomic mass is 10.2. The van der Waals surface area contributed by atoms with Crippen LogP contribution in [-0.4, -0.2) is 31.2 Å². The van der Waals surface area contributed by atoms with Crippen LogP contribution in [0.1, 0.15) is 18.9 Å². The van der Waals surface area contributed by atoms with Gasteiger partial charge in [-0.15, -0.1) is 5.10 Å². The lowest BCUT2D eigenvalue weighted by Gasteiger charge is -2.03. The zero-order valence-electron chi connectivity index (χ0n) is 12.1. The van der Waals surface area contributed by atoms with Crippen molar-refractivity contribution in [2.75, 3.05) is 5.32 Å². The molecule has 2 rings (SSSR count). The van der Waals surface area contributed by atoms with Crippen LogP contribution >= 0.6 is 12.2 Å². The summed E-state index contributed by atoms with van der Waals surface area (Å²) in [6, 6.07) is 9.51. The molecule has 1 aromatic heterocycles. The highest BCUT2D eigenvalue weighted by Gasteiger charge is 2.06. The molecule has 0 aliphatic rings. The maximum Gasteiger partial charge on any atom is 0.269 e. The molecule has 7 nitrogen and oxygen atoms in total. The van der Waals surface area contributed by atoms with Crippen LogP contribution in [0.4, 0.5) is 5.95 Å². The summed E-state index contributed by atoms with van der Waals surface area (Å²) >= 11 is 5.02. The van der Waals surface area contributed by atoms with E-state index >= 15 is 0 Å². The van der Waals surface area contributed by atoms with Gasteiger partial charge in [0.2, 0.25) is 5.91 Å². The molecule has 2 N–H and O–H groups in total. The minimum Gasteiger partial charge on any atom is -0.299 e. The van der Waals surface area contributed by atoms with Crippen LogP contribution in [0.3, 0.4) is 0 Å². The third-order valence-electron chi connectivity index (χ3n) is 2.57. The number of aryl methyl sites for hydroxylation is 1. The highest BCUT2D eigenvalue weighted by Crippen LogP contribution is 2.00. The molecule has 0 spiro atoms. The topological polar surface area (TPSA) is 84.7 Å². The predicted octanol–water partition coefficient (Wildman–Crippen LogP) is 1.61. The summed E-state index contributed by atoms with van der Waals surface area (Å²) in [6.45, 7) is 2.69. The first-order chi connectivity index (χ1) is 10.7. The molecular formula is C14H16N6OS. The van der Waals surface area contributed by atoms with Crippen LogP contribution < -0.4 is 10.6 Å². The van der Waals surface area contributed by atoms with Crippen LogP contribution in [0.25, 0.3) is 6.08 Å². The number of nitrogens with one attached hydrogen (secondary N) is 2. The van der Waals surface area contributed by atoms with Crippen LogP contribution in [0.2, 0.25) is 0 Å². The summed E-state index contributed by atoms with van der Waals surface area (Å²) < 4.78 is 0. The Balaban J connectivity index is 1.83. The Labute approximate surface area is 133 Å². The first kappa shape index (κ1) is 15.8. The third kappa shape index (κ3) is 5.06. The number of carbonyl (C=O) groups is 1. The van der Waals surface area contributed by atoms with Crippen molar-refractivity contribution in [2.45, 2.75) is 19.9 Å². The number of benzene rings is 1. The van der Waals surface area contributed by atoms with E-state index in [4.69, 9.17) is 12.2 Å². The number of hydrogen-bond donors (Lipinski definition) is 2. The van der Waals surface area contributed by atoms with E-state index in [2.05, 4.69) is 26.0 Å². The summed E-state index contributed by atoms with van der Waals surface area (Å²) in [7, 11) is 0. The SMILES string of the molecule is CCCn1nnc(NC(=S)NC(=O)C=Cc2ccccc2)n1. The lowest BCUT2D eigenvalue weighted by molar-refractivity contribution is -0.115. The second-order valence-electron chi connectivity index (χ2n) is 4.40. The number of amides is 1. The van der Waals surface area contributed by atoms with Gasteiger partial charge in [-0.3, -0.25) is 15.4 Å². The van der Waals surface area contributed by atoms with Crippen LogP contribution in [0.5, 0.6) is 0 Å². The number of hydrogen-bond acceptors (Lipinski definition) is 5. The van der Waals surface area contributed by atoms with Crippen LogP contribution in [-0.2, 0) is 11.3 Å². The van der Waals surface area contributed by atoms with E-state index in [0.29, 0.717) is 6.54 Å². The lowest BCUT2D eigenvalue weighted by Crippen LogP contribution is -2.33. The molecule has 8 heteroatoms. The van der Waals surface area contributed by atoms with Crippen LogP contribution in [0, 0.1) is 0 Å². The monoisotopic (exact) mass is 316 g/mol. The van der Waals surface area contributed by atoms with Gasteiger partial charge in [-0.25, -0.2) is 0 Å². The Hall–Kier alpha value is -2.61. The first-order valence-electron chi connectivity index (χ1n) is 6.80. The van der Waals surface area contributed by atoms with Crippen molar-refractivity contribution in [3.8, 4) is 0 Å². The number of thiocarbonyl (C=S) groups is 1. The van der Waals surface area contributed by atoms with Crippen molar-refractivity contribution in [1.29, 1.82) is 0 Å². The van der Waals surface area contributed by atoms with Crippen molar-refractivity contribution in [2.24, 2.45) is 0 Å². The molecule has 114 valence electrons. The van der Waals surface area contributed by atoms with E-state index in [1.54, 1.807) is 6.08 Å². The molecule has 22 heavy (non-hydrogen) atoms. The fourth-order valence-corrected chi connectivity index (χ4v) is 1.80. The minimum atomic E-state index is -0.331. The molecule has 0 aliphatic carbocycles. The molecule has 1 aromatic carbocycles. The number of rotatable bonds is 5. The van der Waals surface area contributed by atoms with E-state index in [9.17, 15) is 4.79 Å². The maximum atomic E-state index is 11.7. The summed E-state index contributed by atoms with van der Waals surface area (Å²) in [5.74, 6) is -0.0758.